The number of fused-ring (bicyclic) bond motifs is 1. The van der Waals surface area contributed by atoms with Gasteiger partial charge in [0.1, 0.15) is 6.07 Å². The molecule has 0 spiro atoms. The van der Waals surface area contributed by atoms with Gasteiger partial charge in [-0.3, -0.25) is 4.68 Å². The van der Waals surface area contributed by atoms with Crippen molar-refractivity contribution in [1.29, 1.82) is 5.26 Å². The smallest absolute Gasteiger partial charge is 0.166 e. The molecule has 20 heavy (non-hydrogen) atoms. The zero-order valence-electron chi connectivity index (χ0n) is 11.2. The van der Waals surface area contributed by atoms with Crippen molar-refractivity contribution in [3.8, 4) is 6.07 Å². The van der Waals surface area contributed by atoms with Crippen LogP contribution in [0.1, 0.15) is 28.9 Å². The molecular weight excluding hydrogens is 246 g/mol. The van der Waals surface area contributed by atoms with E-state index in [4.69, 9.17) is 0 Å². The number of aromatic nitrogens is 2. The van der Waals surface area contributed by atoms with Crippen LogP contribution in [0.4, 0.5) is 0 Å². The molecule has 1 heterocycles. The average Bonchev–Trinajstić information content (AvgIpc) is 3.00. The number of hydrogen-bond acceptors (Lipinski definition) is 2. The third-order valence-electron chi connectivity index (χ3n) is 3.53. The van der Waals surface area contributed by atoms with Crippen LogP contribution < -0.4 is 0 Å². The van der Waals surface area contributed by atoms with Crippen molar-refractivity contribution in [2.24, 2.45) is 0 Å². The highest BCUT2D eigenvalue weighted by atomic mass is 15.3. The van der Waals surface area contributed by atoms with Crippen LogP contribution in [0.15, 0.2) is 48.6 Å². The Morgan fingerprint density at radius 1 is 1.35 bits per heavy atom. The second-order valence-electron chi connectivity index (χ2n) is 4.94. The van der Waals surface area contributed by atoms with Gasteiger partial charge < -0.3 is 0 Å². The fourth-order valence-electron chi connectivity index (χ4n) is 2.60. The Morgan fingerprint density at radius 3 is 2.85 bits per heavy atom. The number of benzene rings is 1. The highest BCUT2D eigenvalue weighted by molar-refractivity contribution is 5.64. The van der Waals surface area contributed by atoms with Crippen LogP contribution in [0.5, 0.6) is 0 Å². The van der Waals surface area contributed by atoms with Crippen molar-refractivity contribution in [3.63, 3.8) is 0 Å². The molecule has 1 aromatic heterocycles. The van der Waals surface area contributed by atoms with Crippen molar-refractivity contribution in [2.45, 2.75) is 19.4 Å². The molecular formula is C17H15N3. The molecule has 1 aromatic carbocycles. The fraction of sp³-hybridized carbons (Fsp3) is 0.176. The standard InChI is InChI=1S/C17H15N3/c1-2-6-14-9-15-16(11-18)19-20(17(15)10-14)12-13-7-4-3-5-8-13/h2-5,7-8,10H,1,6,9,12H2. The van der Waals surface area contributed by atoms with Crippen molar-refractivity contribution in [2.75, 3.05) is 0 Å². The van der Waals surface area contributed by atoms with E-state index >= 15 is 0 Å². The first kappa shape index (κ1) is 12.4. The second kappa shape index (κ2) is 5.18. The van der Waals surface area contributed by atoms with Gasteiger partial charge in [0.05, 0.1) is 12.2 Å². The molecule has 0 amide bonds. The highest BCUT2D eigenvalue weighted by Crippen LogP contribution is 2.29. The lowest BCUT2D eigenvalue weighted by atomic mass is 10.1. The number of nitrogens with zero attached hydrogens (tertiary/aromatic N) is 3. The molecule has 0 radical (unpaired) electrons. The summed E-state index contributed by atoms with van der Waals surface area (Å²) in [6.07, 6.45) is 5.73. The molecule has 0 N–H and O–H groups in total. The molecule has 2 aromatic rings. The summed E-state index contributed by atoms with van der Waals surface area (Å²) in [7, 11) is 0. The average molecular weight is 261 g/mol. The summed E-state index contributed by atoms with van der Waals surface area (Å²) in [5, 5.41) is 13.7. The maximum atomic E-state index is 9.23. The Hall–Kier alpha value is -2.60. The number of nitriles is 1. The van der Waals surface area contributed by atoms with E-state index in [0.717, 1.165) is 24.1 Å². The number of hydrogen-bond donors (Lipinski definition) is 0. The van der Waals surface area contributed by atoms with Crippen molar-refractivity contribution >= 4 is 6.08 Å². The van der Waals surface area contributed by atoms with Gasteiger partial charge in [-0.1, -0.05) is 42.0 Å². The summed E-state index contributed by atoms with van der Waals surface area (Å²) >= 11 is 0. The molecule has 1 aliphatic carbocycles. The van der Waals surface area contributed by atoms with Crippen LogP contribution in [0, 0.1) is 11.3 Å². The lowest BCUT2D eigenvalue weighted by Gasteiger charge is -2.04. The van der Waals surface area contributed by atoms with Crippen LogP contribution in [-0.2, 0) is 13.0 Å². The zero-order valence-corrected chi connectivity index (χ0v) is 11.2. The Balaban J connectivity index is 1.97. The first-order chi connectivity index (χ1) is 9.81. The van der Waals surface area contributed by atoms with E-state index < -0.39 is 0 Å². The van der Waals surface area contributed by atoms with E-state index in [-0.39, 0.29) is 0 Å². The van der Waals surface area contributed by atoms with Crippen LogP contribution in [0.3, 0.4) is 0 Å². The van der Waals surface area contributed by atoms with Crippen molar-refractivity contribution in [1.82, 2.24) is 9.78 Å². The third-order valence-corrected chi connectivity index (χ3v) is 3.53. The van der Waals surface area contributed by atoms with Crippen LogP contribution in [0.2, 0.25) is 0 Å². The second-order valence-corrected chi connectivity index (χ2v) is 4.94. The molecule has 0 unspecified atom stereocenters. The summed E-state index contributed by atoms with van der Waals surface area (Å²) in [6.45, 7) is 4.47. The minimum Gasteiger partial charge on any atom is -0.259 e. The third kappa shape index (κ3) is 2.17. The van der Waals surface area contributed by atoms with Gasteiger partial charge in [0.15, 0.2) is 5.69 Å². The van der Waals surface area contributed by atoms with E-state index in [0.29, 0.717) is 12.2 Å². The molecule has 0 aliphatic heterocycles. The van der Waals surface area contributed by atoms with Crippen molar-refractivity contribution < 1.29 is 0 Å². The highest BCUT2D eigenvalue weighted by Gasteiger charge is 2.22. The van der Waals surface area contributed by atoms with Gasteiger partial charge >= 0.3 is 0 Å². The van der Waals surface area contributed by atoms with E-state index in [1.165, 1.54) is 11.1 Å². The monoisotopic (exact) mass is 261 g/mol. The summed E-state index contributed by atoms with van der Waals surface area (Å²) in [4.78, 5) is 0. The molecule has 1 aliphatic rings. The fourth-order valence-corrected chi connectivity index (χ4v) is 2.60. The minimum atomic E-state index is 0.547. The lowest BCUT2D eigenvalue weighted by Crippen LogP contribution is -2.03. The molecule has 98 valence electrons. The Bertz CT molecular complexity index is 715. The quantitative estimate of drug-likeness (QED) is 0.792. The largest absolute Gasteiger partial charge is 0.259 e. The van der Waals surface area contributed by atoms with Gasteiger partial charge in [-0.05, 0) is 24.5 Å². The number of rotatable bonds is 4. The van der Waals surface area contributed by atoms with E-state index in [9.17, 15) is 5.26 Å². The van der Waals surface area contributed by atoms with Crippen LogP contribution in [0.25, 0.3) is 6.08 Å². The molecule has 0 bridgehead atoms. The maximum Gasteiger partial charge on any atom is 0.166 e. The van der Waals surface area contributed by atoms with Gasteiger partial charge in [-0.15, -0.1) is 6.58 Å². The summed E-state index contributed by atoms with van der Waals surface area (Å²) in [6, 6.07) is 12.4. The first-order valence-electron chi connectivity index (χ1n) is 6.66. The van der Waals surface area contributed by atoms with Gasteiger partial charge in [0, 0.05) is 5.56 Å². The lowest BCUT2D eigenvalue weighted by molar-refractivity contribution is 0.677. The van der Waals surface area contributed by atoms with Gasteiger partial charge in [0.2, 0.25) is 0 Å². The molecule has 3 rings (SSSR count). The minimum absolute atomic E-state index is 0.547. The zero-order chi connectivity index (χ0) is 13.9. The summed E-state index contributed by atoms with van der Waals surface area (Å²) in [5.74, 6) is 0. The topological polar surface area (TPSA) is 41.6 Å². The first-order valence-corrected chi connectivity index (χ1v) is 6.66. The predicted octanol–water partition coefficient (Wildman–Crippen LogP) is 3.32. The molecule has 0 saturated carbocycles. The normalized spacial score (nSPS) is 12.7. The number of allylic oxidation sites excluding steroid dienone is 2. The van der Waals surface area contributed by atoms with Gasteiger partial charge in [0.25, 0.3) is 0 Å². The van der Waals surface area contributed by atoms with Gasteiger partial charge in [-0.2, -0.15) is 10.4 Å². The molecule has 0 saturated heterocycles. The van der Waals surface area contributed by atoms with E-state index in [1.54, 1.807) is 0 Å². The molecule has 3 heteroatoms. The van der Waals surface area contributed by atoms with Crippen molar-refractivity contribution in [3.05, 3.63) is 71.1 Å². The predicted molar refractivity (Wildman–Crippen MR) is 79.0 cm³/mol. The Labute approximate surface area is 118 Å². The van der Waals surface area contributed by atoms with Crippen LogP contribution in [-0.4, -0.2) is 9.78 Å². The molecule has 0 atom stereocenters. The SMILES string of the molecule is C=CCC1=Cc2c(c(C#N)nn2Cc2ccccc2)C1. The Morgan fingerprint density at radius 2 is 2.15 bits per heavy atom. The van der Waals surface area contributed by atoms with Gasteiger partial charge in [-0.25, -0.2) is 0 Å². The summed E-state index contributed by atoms with van der Waals surface area (Å²) in [5.41, 5.74) is 5.16. The molecule has 3 nitrogen and oxygen atoms in total. The molecule has 0 fully saturated rings. The van der Waals surface area contributed by atoms with E-state index in [1.807, 2.05) is 29.0 Å². The van der Waals surface area contributed by atoms with Crippen LogP contribution >= 0.6 is 0 Å². The summed E-state index contributed by atoms with van der Waals surface area (Å²) < 4.78 is 1.93. The van der Waals surface area contributed by atoms with E-state index in [2.05, 4.69) is 36.0 Å². The Kier molecular flexibility index (Phi) is 3.22. The maximum absolute atomic E-state index is 9.23.